The van der Waals surface area contributed by atoms with Crippen LogP contribution in [0.2, 0.25) is 0 Å². The molecule has 0 saturated carbocycles. The molecule has 1 aromatic carbocycles. The molecule has 178 valence electrons. The molecule has 3 rings (SSSR count). The lowest BCUT2D eigenvalue weighted by Crippen LogP contribution is -2.34. The average molecular weight is 453 g/mol. The van der Waals surface area contributed by atoms with Gasteiger partial charge in [-0.15, -0.1) is 0 Å². The van der Waals surface area contributed by atoms with Gasteiger partial charge in [-0.3, -0.25) is 9.48 Å². The number of ether oxygens (including phenoxy) is 2. The Morgan fingerprint density at radius 3 is 2.27 bits per heavy atom. The number of nitrogens with zero attached hydrogens (tertiary/aromatic N) is 4. The number of methoxy groups -OCH3 is 2. The predicted octanol–water partition coefficient (Wildman–Crippen LogP) is 5.19. The molecule has 0 N–H and O–H groups in total. The SMILES string of the molecule is COc1cc(-c2nn(C)c3cc(C(=O)N(CCC(C)C)CCC(C)C)ccc23)cnc1OC. The lowest BCUT2D eigenvalue weighted by molar-refractivity contribution is 0.0741. The summed E-state index contributed by atoms with van der Waals surface area (Å²) >= 11 is 0. The molecule has 0 fully saturated rings. The number of benzene rings is 1. The monoisotopic (exact) mass is 452 g/mol. The Kier molecular flexibility index (Phi) is 7.95. The normalized spacial score (nSPS) is 11.4. The Hall–Kier alpha value is -3.09. The van der Waals surface area contributed by atoms with Crippen LogP contribution in [0.3, 0.4) is 0 Å². The summed E-state index contributed by atoms with van der Waals surface area (Å²) in [5.41, 5.74) is 3.21. The summed E-state index contributed by atoms with van der Waals surface area (Å²) < 4.78 is 12.5. The number of carbonyl (C=O) groups excluding carboxylic acids is 1. The molecule has 0 unspecified atom stereocenters. The Bertz CT molecular complexity index is 1090. The molecule has 33 heavy (non-hydrogen) atoms. The standard InChI is InChI=1S/C26H36N4O3/c1-17(2)10-12-30(13-11-18(3)4)26(31)19-8-9-21-22(14-19)29(5)28-24(21)20-15-23(32-6)25(33-7)27-16-20/h8-9,14-18H,10-13H2,1-7H3. The number of pyridine rings is 1. The Morgan fingerprint density at radius 1 is 1.03 bits per heavy atom. The van der Waals surface area contributed by atoms with Crippen molar-refractivity contribution in [1.82, 2.24) is 19.7 Å². The third-order valence-corrected chi connectivity index (χ3v) is 5.84. The topological polar surface area (TPSA) is 69.5 Å². The number of carbonyl (C=O) groups is 1. The molecule has 3 aromatic rings. The molecule has 0 atom stereocenters. The Labute approximate surface area is 196 Å². The molecule has 0 radical (unpaired) electrons. The van der Waals surface area contributed by atoms with Crippen LogP contribution in [0.15, 0.2) is 30.5 Å². The highest BCUT2D eigenvalue weighted by atomic mass is 16.5. The van der Waals surface area contributed by atoms with Crippen LogP contribution in [-0.4, -0.2) is 52.9 Å². The van der Waals surface area contributed by atoms with Crippen LogP contribution in [0.5, 0.6) is 11.6 Å². The lowest BCUT2D eigenvalue weighted by Gasteiger charge is -2.24. The third-order valence-electron chi connectivity index (χ3n) is 5.84. The van der Waals surface area contributed by atoms with E-state index in [2.05, 4.69) is 32.7 Å². The summed E-state index contributed by atoms with van der Waals surface area (Å²) in [4.78, 5) is 19.7. The molecule has 0 saturated heterocycles. The Balaban J connectivity index is 1.95. The first kappa shape index (κ1) is 24.6. The van der Waals surface area contributed by atoms with Crippen molar-refractivity contribution in [3.63, 3.8) is 0 Å². The highest BCUT2D eigenvalue weighted by Crippen LogP contribution is 2.33. The van der Waals surface area contributed by atoms with E-state index >= 15 is 0 Å². The van der Waals surface area contributed by atoms with Crippen LogP contribution in [0.4, 0.5) is 0 Å². The van der Waals surface area contributed by atoms with Crippen molar-refractivity contribution < 1.29 is 14.3 Å². The van der Waals surface area contributed by atoms with Gasteiger partial charge < -0.3 is 14.4 Å². The van der Waals surface area contributed by atoms with Gasteiger partial charge in [0.1, 0.15) is 5.69 Å². The molecule has 2 heterocycles. The number of fused-ring (bicyclic) bond motifs is 1. The summed E-state index contributed by atoms with van der Waals surface area (Å²) in [6.45, 7) is 10.3. The maximum absolute atomic E-state index is 13.4. The zero-order valence-corrected chi connectivity index (χ0v) is 20.9. The largest absolute Gasteiger partial charge is 0.491 e. The fourth-order valence-corrected chi connectivity index (χ4v) is 3.79. The van der Waals surface area contributed by atoms with E-state index in [9.17, 15) is 4.79 Å². The first-order valence-corrected chi connectivity index (χ1v) is 11.6. The van der Waals surface area contributed by atoms with E-state index < -0.39 is 0 Å². The quantitative estimate of drug-likeness (QED) is 0.424. The van der Waals surface area contributed by atoms with E-state index in [0.29, 0.717) is 29.0 Å². The minimum absolute atomic E-state index is 0.0775. The number of rotatable bonds is 10. The van der Waals surface area contributed by atoms with Crippen LogP contribution in [-0.2, 0) is 7.05 Å². The van der Waals surface area contributed by atoms with Crippen LogP contribution in [0, 0.1) is 11.8 Å². The Morgan fingerprint density at radius 2 is 1.70 bits per heavy atom. The second kappa shape index (κ2) is 10.7. The van der Waals surface area contributed by atoms with Gasteiger partial charge in [0.15, 0.2) is 5.75 Å². The van der Waals surface area contributed by atoms with Gasteiger partial charge in [-0.2, -0.15) is 5.10 Å². The minimum Gasteiger partial charge on any atom is -0.491 e. The highest BCUT2D eigenvalue weighted by Gasteiger charge is 2.20. The number of aryl methyl sites for hydroxylation is 1. The van der Waals surface area contributed by atoms with Crippen molar-refractivity contribution in [3.8, 4) is 22.9 Å². The van der Waals surface area contributed by atoms with E-state index in [1.807, 2.05) is 40.9 Å². The summed E-state index contributed by atoms with van der Waals surface area (Å²) in [6.07, 6.45) is 3.71. The summed E-state index contributed by atoms with van der Waals surface area (Å²) in [5.74, 6) is 2.16. The summed E-state index contributed by atoms with van der Waals surface area (Å²) in [5, 5.41) is 5.67. The molecular formula is C26H36N4O3. The van der Waals surface area contributed by atoms with Gasteiger partial charge in [0.2, 0.25) is 0 Å². The third kappa shape index (κ3) is 5.64. The van der Waals surface area contributed by atoms with Crippen LogP contribution >= 0.6 is 0 Å². The molecule has 7 heteroatoms. The maximum Gasteiger partial charge on any atom is 0.256 e. The van der Waals surface area contributed by atoms with Crippen molar-refractivity contribution >= 4 is 16.8 Å². The fourth-order valence-electron chi connectivity index (χ4n) is 3.79. The van der Waals surface area contributed by atoms with Gasteiger partial charge in [0, 0.05) is 42.8 Å². The van der Waals surface area contributed by atoms with E-state index in [-0.39, 0.29) is 5.91 Å². The van der Waals surface area contributed by atoms with Gasteiger partial charge in [-0.25, -0.2) is 4.98 Å². The minimum atomic E-state index is 0.0775. The second-order valence-electron chi connectivity index (χ2n) is 9.30. The van der Waals surface area contributed by atoms with E-state index in [4.69, 9.17) is 14.6 Å². The molecule has 0 aliphatic heterocycles. The number of hydrogen-bond donors (Lipinski definition) is 0. The maximum atomic E-state index is 13.4. The fraction of sp³-hybridized carbons (Fsp3) is 0.500. The second-order valence-corrected chi connectivity index (χ2v) is 9.30. The van der Waals surface area contributed by atoms with Gasteiger partial charge in [0.05, 0.1) is 19.7 Å². The number of hydrogen-bond acceptors (Lipinski definition) is 5. The predicted molar refractivity (Wildman–Crippen MR) is 132 cm³/mol. The van der Waals surface area contributed by atoms with E-state index in [1.165, 1.54) is 0 Å². The molecule has 0 bridgehead atoms. The summed E-state index contributed by atoms with van der Waals surface area (Å²) in [6, 6.07) is 7.69. The summed E-state index contributed by atoms with van der Waals surface area (Å²) in [7, 11) is 5.04. The molecule has 2 aromatic heterocycles. The van der Waals surface area contributed by atoms with Crippen molar-refractivity contribution in [2.24, 2.45) is 18.9 Å². The van der Waals surface area contributed by atoms with Gasteiger partial charge in [0.25, 0.3) is 11.8 Å². The van der Waals surface area contributed by atoms with Crippen molar-refractivity contribution in [1.29, 1.82) is 0 Å². The number of aromatic nitrogens is 3. The zero-order valence-electron chi connectivity index (χ0n) is 20.9. The first-order chi connectivity index (χ1) is 15.7. The highest BCUT2D eigenvalue weighted by molar-refractivity contribution is 6.01. The van der Waals surface area contributed by atoms with Crippen LogP contribution < -0.4 is 9.47 Å². The van der Waals surface area contributed by atoms with Crippen LogP contribution in [0.25, 0.3) is 22.2 Å². The first-order valence-electron chi connectivity index (χ1n) is 11.6. The van der Waals surface area contributed by atoms with Crippen LogP contribution in [0.1, 0.15) is 50.9 Å². The molecular weight excluding hydrogens is 416 g/mol. The van der Waals surface area contributed by atoms with Gasteiger partial charge in [-0.05, 0) is 48.9 Å². The van der Waals surface area contributed by atoms with Crippen molar-refractivity contribution in [2.45, 2.75) is 40.5 Å². The van der Waals surface area contributed by atoms with Crippen molar-refractivity contribution in [3.05, 3.63) is 36.0 Å². The smallest absolute Gasteiger partial charge is 0.256 e. The number of amides is 1. The van der Waals surface area contributed by atoms with E-state index in [1.54, 1.807) is 20.4 Å². The van der Waals surface area contributed by atoms with Crippen molar-refractivity contribution in [2.75, 3.05) is 27.3 Å². The molecule has 0 aliphatic carbocycles. The average Bonchev–Trinajstić information content (AvgIpc) is 3.13. The molecule has 0 spiro atoms. The van der Waals surface area contributed by atoms with Gasteiger partial charge >= 0.3 is 0 Å². The molecule has 0 aliphatic rings. The lowest BCUT2D eigenvalue weighted by atomic mass is 10.0. The van der Waals surface area contributed by atoms with Gasteiger partial charge in [-0.1, -0.05) is 27.7 Å². The molecule has 1 amide bonds. The molecule has 7 nitrogen and oxygen atoms in total. The van der Waals surface area contributed by atoms with E-state index in [0.717, 1.165) is 48.1 Å². The zero-order chi connectivity index (χ0) is 24.1.